The van der Waals surface area contributed by atoms with Gasteiger partial charge in [-0.05, 0) is 31.9 Å². The van der Waals surface area contributed by atoms with Crippen LogP contribution in [0.15, 0.2) is 24.5 Å². The van der Waals surface area contributed by atoms with Crippen molar-refractivity contribution in [1.82, 2.24) is 9.97 Å². The van der Waals surface area contributed by atoms with Gasteiger partial charge < -0.3 is 15.3 Å². The minimum Gasteiger partial charge on any atom is -0.476 e. The Kier molecular flexibility index (Phi) is 5.13. The lowest BCUT2D eigenvalue weighted by atomic mass is 10.1. The second-order valence-electron chi connectivity index (χ2n) is 5.74. The molecule has 0 aliphatic heterocycles. The van der Waals surface area contributed by atoms with Gasteiger partial charge in [0.05, 0.1) is 18.9 Å². The Morgan fingerprint density at radius 2 is 1.75 bits per heavy atom. The molecule has 0 atom stereocenters. The molecule has 2 aromatic rings. The minimum absolute atomic E-state index is 0.0772. The summed E-state index contributed by atoms with van der Waals surface area (Å²) < 4.78 is 0. The molecule has 0 fully saturated rings. The maximum Gasteiger partial charge on any atom is 0.356 e. The molecular formula is C17H20N4O3. The van der Waals surface area contributed by atoms with E-state index in [2.05, 4.69) is 15.3 Å². The van der Waals surface area contributed by atoms with E-state index in [0.29, 0.717) is 5.82 Å². The highest BCUT2D eigenvalue weighted by atomic mass is 16.4. The van der Waals surface area contributed by atoms with Gasteiger partial charge >= 0.3 is 5.97 Å². The van der Waals surface area contributed by atoms with Crippen LogP contribution in [0.4, 0.5) is 11.5 Å². The van der Waals surface area contributed by atoms with Crippen LogP contribution in [0.25, 0.3) is 0 Å². The van der Waals surface area contributed by atoms with Crippen molar-refractivity contribution in [3.05, 3.63) is 46.9 Å². The highest BCUT2D eigenvalue weighted by Crippen LogP contribution is 2.22. The lowest BCUT2D eigenvalue weighted by Crippen LogP contribution is -2.31. The summed E-state index contributed by atoms with van der Waals surface area (Å²) in [6, 6.07) is 4.03. The van der Waals surface area contributed by atoms with Gasteiger partial charge in [0.1, 0.15) is 5.82 Å². The average molecular weight is 328 g/mol. The molecule has 7 nitrogen and oxygen atoms in total. The smallest absolute Gasteiger partial charge is 0.356 e. The number of nitrogens with one attached hydrogen (secondary N) is 1. The van der Waals surface area contributed by atoms with Crippen molar-refractivity contribution in [2.75, 3.05) is 23.8 Å². The van der Waals surface area contributed by atoms with Crippen molar-refractivity contribution < 1.29 is 14.7 Å². The van der Waals surface area contributed by atoms with Gasteiger partial charge in [-0.25, -0.2) is 14.8 Å². The minimum atomic E-state index is -1.14. The zero-order chi connectivity index (χ0) is 17.9. The fraction of sp³-hybridized carbons (Fsp3) is 0.294. The second-order valence-corrected chi connectivity index (χ2v) is 5.74. The Morgan fingerprint density at radius 3 is 2.25 bits per heavy atom. The molecule has 2 N–H and O–H groups in total. The average Bonchev–Trinajstić information content (AvgIpc) is 2.50. The number of carbonyl (C=O) groups excluding carboxylic acids is 1. The number of aromatic nitrogens is 2. The third kappa shape index (κ3) is 4.07. The second kappa shape index (κ2) is 7.08. The highest BCUT2D eigenvalue weighted by molar-refractivity contribution is 5.95. The molecule has 0 radical (unpaired) electrons. The normalized spacial score (nSPS) is 10.3. The maximum atomic E-state index is 12.3. The molecule has 0 saturated heterocycles. The molecule has 24 heavy (non-hydrogen) atoms. The van der Waals surface area contributed by atoms with Crippen LogP contribution in [0.3, 0.4) is 0 Å². The Bertz CT molecular complexity index is 749. The first-order chi connectivity index (χ1) is 11.3. The number of benzene rings is 1. The lowest BCUT2D eigenvalue weighted by molar-refractivity contribution is -0.114. The van der Waals surface area contributed by atoms with Gasteiger partial charge in [-0.15, -0.1) is 0 Å². The van der Waals surface area contributed by atoms with E-state index in [9.17, 15) is 9.59 Å². The zero-order valence-electron chi connectivity index (χ0n) is 14.1. The van der Waals surface area contributed by atoms with Gasteiger partial charge in [-0.3, -0.25) is 4.79 Å². The lowest BCUT2D eigenvalue weighted by Gasteiger charge is -2.18. The van der Waals surface area contributed by atoms with Gasteiger partial charge in [-0.2, -0.15) is 0 Å². The first-order valence-electron chi connectivity index (χ1n) is 7.42. The van der Waals surface area contributed by atoms with E-state index < -0.39 is 5.97 Å². The summed E-state index contributed by atoms with van der Waals surface area (Å²) in [6.07, 6.45) is 2.50. The molecule has 0 saturated carbocycles. The van der Waals surface area contributed by atoms with Crippen molar-refractivity contribution in [1.29, 1.82) is 0 Å². The molecule has 0 bridgehead atoms. The van der Waals surface area contributed by atoms with E-state index >= 15 is 0 Å². The number of amides is 1. The summed E-state index contributed by atoms with van der Waals surface area (Å²) in [6.45, 7) is 6.00. The Labute approximate surface area is 140 Å². The van der Waals surface area contributed by atoms with Gasteiger partial charge in [0.25, 0.3) is 0 Å². The first kappa shape index (κ1) is 17.4. The van der Waals surface area contributed by atoms with Crippen molar-refractivity contribution in [3.63, 3.8) is 0 Å². The SMILES string of the molecule is Cc1cc(C)c(NC(=O)CN(C)c2cnc(C(=O)O)cn2)c(C)c1. The number of rotatable bonds is 5. The number of carboxylic acids is 1. The van der Waals surface area contributed by atoms with E-state index in [1.807, 2.05) is 32.9 Å². The number of aryl methyl sites for hydroxylation is 3. The third-order valence-corrected chi connectivity index (χ3v) is 3.57. The predicted octanol–water partition coefficient (Wildman–Crippen LogP) is 2.17. The number of carbonyl (C=O) groups is 2. The fourth-order valence-corrected chi connectivity index (χ4v) is 2.48. The van der Waals surface area contributed by atoms with Crippen LogP contribution >= 0.6 is 0 Å². The maximum absolute atomic E-state index is 12.3. The molecule has 1 aromatic heterocycles. The van der Waals surface area contributed by atoms with Crippen LogP contribution in [0, 0.1) is 20.8 Å². The first-order valence-corrected chi connectivity index (χ1v) is 7.42. The van der Waals surface area contributed by atoms with Crippen LogP contribution < -0.4 is 10.2 Å². The number of anilines is 2. The summed E-state index contributed by atoms with van der Waals surface area (Å²) in [7, 11) is 1.69. The summed E-state index contributed by atoms with van der Waals surface area (Å²) in [5.41, 5.74) is 3.84. The van der Waals surface area contributed by atoms with Gasteiger partial charge in [0, 0.05) is 12.7 Å². The fourth-order valence-electron chi connectivity index (χ4n) is 2.48. The van der Waals surface area contributed by atoms with Crippen molar-refractivity contribution in [2.45, 2.75) is 20.8 Å². The Morgan fingerprint density at radius 1 is 1.12 bits per heavy atom. The topological polar surface area (TPSA) is 95.4 Å². The van der Waals surface area contributed by atoms with Crippen molar-refractivity contribution in [2.24, 2.45) is 0 Å². The number of carboxylic acid groups (broad SMARTS) is 1. The van der Waals surface area contributed by atoms with Gasteiger partial charge in [-0.1, -0.05) is 17.7 Å². The molecule has 1 aromatic carbocycles. The number of hydrogen-bond donors (Lipinski definition) is 2. The Hall–Kier alpha value is -2.96. The summed E-state index contributed by atoms with van der Waals surface area (Å²) in [5.74, 6) is -0.899. The standard InChI is InChI=1S/C17H20N4O3/c1-10-5-11(2)16(12(3)6-10)20-15(22)9-21(4)14-8-18-13(7-19-14)17(23)24/h5-8H,9H2,1-4H3,(H,20,22)(H,23,24). The largest absolute Gasteiger partial charge is 0.476 e. The predicted molar refractivity (Wildman–Crippen MR) is 91.5 cm³/mol. The third-order valence-electron chi connectivity index (χ3n) is 3.57. The molecule has 0 spiro atoms. The van der Waals surface area contributed by atoms with E-state index in [-0.39, 0.29) is 18.1 Å². The van der Waals surface area contributed by atoms with E-state index in [0.717, 1.165) is 22.4 Å². The number of aromatic carboxylic acids is 1. The molecule has 1 heterocycles. The van der Waals surface area contributed by atoms with E-state index in [4.69, 9.17) is 5.11 Å². The van der Waals surface area contributed by atoms with Crippen LogP contribution in [-0.4, -0.2) is 40.5 Å². The summed E-state index contributed by atoms with van der Waals surface area (Å²) >= 11 is 0. The molecule has 126 valence electrons. The quantitative estimate of drug-likeness (QED) is 0.873. The molecular weight excluding hydrogens is 308 g/mol. The molecule has 0 aliphatic carbocycles. The van der Waals surface area contributed by atoms with Crippen LogP contribution in [0.1, 0.15) is 27.2 Å². The van der Waals surface area contributed by atoms with Crippen molar-refractivity contribution >= 4 is 23.4 Å². The van der Waals surface area contributed by atoms with Gasteiger partial charge in [0.15, 0.2) is 5.69 Å². The van der Waals surface area contributed by atoms with Crippen LogP contribution in [-0.2, 0) is 4.79 Å². The zero-order valence-corrected chi connectivity index (χ0v) is 14.1. The van der Waals surface area contributed by atoms with Crippen LogP contribution in [0.5, 0.6) is 0 Å². The number of likely N-dealkylation sites (N-methyl/N-ethyl adjacent to an activating group) is 1. The van der Waals surface area contributed by atoms with Gasteiger partial charge in [0.2, 0.25) is 5.91 Å². The number of nitrogens with zero attached hydrogens (tertiary/aromatic N) is 3. The van der Waals surface area contributed by atoms with E-state index in [1.54, 1.807) is 11.9 Å². The molecule has 0 aliphatic rings. The summed E-state index contributed by atoms with van der Waals surface area (Å²) in [5, 5.41) is 11.7. The number of hydrogen-bond acceptors (Lipinski definition) is 5. The van der Waals surface area contributed by atoms with E-state index in [1.165, 1.54) is 12.4 Å². The van der Waals surface area contributed by atoms with Crippen LogP contribution in [0.2, 0.25) is 0 Å². The summed E-state index contributed by atoms with van der Waals surface area (Å²) in [4.78, 5) is 32.4. The Balaban J connectivity index is 2.05. The monoisotopic (exact) mass is 328 g/mol. The molecule has 0 unspecified atom stereocenters. The highest BCUT2D eigenvalue weighted by Gasteiger charge is 2.13. The molecule has 2 rings (SSSR count). The molecule has 1 amide bonds. The molecule has 7 heteroatoms. The van der Waals surface area contributed by atoms with Crippen molar-refractivity contribution in [3.8, 4) is 0 Å².